The van der Waals surface area contributed by atoms with Gasteiger partial charge in [-0.05, 0) is 17.7 Å². The highest BCUT2D eigenvalue weighted by molar-refractivity contribution is 7.99. The van der Waals surface area contributed by atoms with Gasteiger partial charge < -0.3 is 5.73 Å². The second kappa shape index (κ2) is 7.06. The molecule has 0 radical (unpaired) electrons. The molecular formula is C16H15N5OS. The maximum atomic E-state index is 11.1. The monoisotopic (exact) mass is 325 g/mol. The molecule has 0 saturated carbocycles. The molecule has 6 nitrogen and oxygen atoms in total. The van der Waals surface area contributed by atoms with Crippen LogP contribution in [0.3, 0.4) is 0 Å². The van der Waals surface area contributed by atoms with E-state index in [0.717, 1.165) is 11.3 Å². The van der Waals surface area contributed by atoms with Crippen LogP contribution in [0.1, 0.15) is 5.56 Å². The van der Waals surface area contributed by atoms with E-state index in [2.05, 4.69) is 15.2 Å². The standard InChI is InChI=1S/C16H15N5OS/c17-14(22)11-23-16-20-19-15(13-8-4-5-9-18-13)21(16)10-12-6-2-1-3-7-12/h1-9H,10-11H2,(H2,17,22). The van der Waals surface area contributed by atoms with Crippen molar-refractivity contribution < 1.29 is 4.79 Å². The van der Waals surface area contributed by atoms with Crippen LogP contribution in [-0.2, 0) is 11.3 Å². The van der Waals surface area contributed by atoms with Crippen LogP contribution >= 0.6 is 11.8 Å². The SMILES string of the molecule is NC(=O)CSc1nnc(-c2ccccn2)n1Cc1ccccc1. The van der Waals surface area contributed by atoms with Crippen LogP contribution in [0.4, 0.5) is 0 Å². The summed E-state index contributed by atoms with van der Waals surface area (Å²) in [5, 5.41) is 9.07. The molecule has 1 aromatic carbocycles. The maximum absolute atomic E-state index is 11.1. The molecule has 0 aliphatic rings. The Morgan fingerprint density at radius 1 is 1.09 bits per heavy atom. The molecule has 23 heavy (non-hydrogen) atoms. The van der Waals surface area contributed by atoms with Gasteiger partial charge in [0.05, 0.1) is 12.3 Å². The first-order chi connectivity index (χ1) is 11.2. The van der Waals surface area contributed by atoms with Crippen molar-refractivity contribution >= 4 is 17.7 Å². The summed E-state index contributed by atoms with van der Waals surface area (Å²) in [6, 6.07) is 15.6. The number of rotatable bonds is 6. The van der Waals surface area contributed by atoms with Crippen LogP contribution in [0, 0.1) is 0 Å². The van der Waals surface area contributed by atoms with Gasteiger partial charge >= 0.3 is 0 Å². The number of hydrogen-bond acceptors (Lipinski definition) is 5. The third-order valence-electron chi connectivity index (χ3n) is 3.14. The summed E-state index contributed by atoms with van der Waals surface area (Å²) < 4.78 is 1.95. The van der Waals surface area contributed by atoms with E-state index >= 15 is 0 Å². The number of nitrogens with two attached hydrogens (primary N) is 1. The number of primary amides is 1. The molecule has 0 spiro atoms. The van der Waals surface area contributed by atoms with E-state index in [-0.39, 0.29) is 11.7 Å². The molecule has 0 aliphatic carbocycles. The highest BCUT2D eigenvalue weighted by atomic mass is 32.2. The first kappa shape index (κ1) is 15.2. The molecule has 1 amide bonds. The fourth-order valence-electron chi connectivity index (χ4n) is 2.12. The normalized spacial score (nSPS) is 10.6. The predicted molar refractivity (Wildman–Crippen MR) is 88.7 cm³/mol. The van der Waals surface area contributed by atoms with Crippen LogP contribution in [0.5, 0.6) is 0 Å². The zero-order chi connectivity index (χ0) is 16.1. The van der Waals surface area contributed by atoms with Crippen molar-refractivity contribution in [3.05, 3.63) is 60.3 Å². The molecule has 0 bridgehead atoms. The number of carbonyl (C=O) groups excluding carboxylic acids is 1. The summed E-state index contributed by atoms with van der Waals surface area (Å²) in [6.07, 6.45) is 1.72. The van der Waals surface area contributed by atoms with Gasteiger partial charge in [-0.3, -0.25) is 14.3 Å². The Bertz CT molecular complexity index is 789. The third-order valence-corrected chi connectivity index (χ3v) is 4.13. The van der Waals surface area contributed by atoms with Crippen LogP contribution in [0.2, 0.25) is 0 Å². The molecule has 0 saturated heterocycles. The van der Waals surface area contributed by atoms with Gasteiger partial charge in [0.25, 0.3) is 0 Å². The minimum absolute atomic E-state index is 0.162. The second-order valence-corrected chi connectivity index (χ2v) is 5.79. The highest BCUT2D eigenvalue weighted by Crippen LogP contribution is 2.23. The van der Waals surface area contributed by atoms with Crippen molar-refractivity contribution in [2.45, 2.75) is 11.7 Å². The number of nitrogens with zero attached hydrogens (tertiary/aromatic N) is 4. The lowest BCUT2D eigenvalue weighted by molar-refractivity contribution is -0.115. The summed E-state index contributed by atoms with van der Waals surface area (Å²) in [7, 11) is 0. The number of hydrogen-bond donors (Lipinski definition) is 1. The molecule has 3 aromatic rings. The molecule has 0 atom stereocenters. The summed E-state index contributed by atoms with van der Waals surface area (Å²) in [4.78, 5) is 15.4. The van der Waals surface area contributed by atoms with Crippen molar-refractivity contribution in [2.24, 2.45) is 5.73 Å². The fourth-order valence-corrected chi connectivity index (χ4v) is 2.80. The van der Waals surface area contributed by atoms with Gasteiger partial charge in [0.1, 0.15) is 5.69 Å². The van der Waals surface area contributed by atoms with E-state index in [1.54, 1.807) is 6.20 Å². The lowest BCUT2D eigenvalue weighted by Crippen LogP contribution is -2.14. The van der Waals surface area contributed by atoms with Gasteiger partial charge in [-0.15, -0.1) is 10.2 Å². The number of carbonyl (C=O) groups is 1. The number of amides is 1. The highest BCUT2D eigenvalue weighted by Gasteiger charge is 2.16. The zero-order valence-electron chi connectivity index (χ0n) is 12.3. The van der Waals surface area contributed by atoms with Gasteiger partial charge in [-0.25, -0.2) is 0 Å². The summed E-state index contributed by atoms with van der Waals surface area (Å²) in [5.41, 5.74) is 7.09. The van der Waals surface area contributed by atoms with Gasteiger partial charge in [0, 0.05) is 6.20 Å². The van der Waals surface area contributed by atoms with E-state index in [0.29, 0.717) is 17.5 Å². The van der Waals surface area contributed by atoms with E-state index in [1.165, 1.54) is 11.8 Å². The average Bonchev–Trinajstić information content (AvgIpc) is 2.97. The lowest BCUT2D eigenvalue weighted by Gasteiger charge is -2.09. The van der Waals surface area contributed by atoms with Crippen molar-refractivity contribution in [1.82, 2.24) is 19.7 Å². The van der Waals surface area contributed by atoms with E-state index in [9.17, 15) is 4.79 Å². The Morgan fingerprint density at radius 3 is 2.57 bits per heavy atom. The Morgan fingerprint density at radius 2 is 1.87 bits per heavy atom. The molecule has 0 fully saturated rings. The van der Waals surface area contributed by atoms with Crippen molar-refractivity contribution in [3.8, 4) is 11.5 Å². The number of benzene rings is 1. The Hall–Kier alpha value is -2.67. The molecule has 2 N–H and O–H groups in total. The summed E-state index contributed by atoms with van der Waals surface area (Å²) >= 11 is 1.28. The lowest BCUT2D eigenvalue weighted by atomic mass is 10.2. The minimum atomic E-state index is -0.386. The largest absolute Gasteiger partial charge is 0.369 e. The van der Waals surface area contributed by atoms with Crippen LogP contribution in [-0.4, -0.2) is 31.4 Å². The maximum Gasteiger partial charge on any atom is 0.227 e. The first-order valence-electron chi connectivity index (χ1n) is 7.03. The molecule has 0 aliphatic heterocycles. The molecule has 116 valence electrons. The second-order valence-electron chi connectivity index (χ2n) is 4.85. The zero-order valence-corrected chi connectivity index (χ0v) is 13.1. The van der Waals surface area contributed by atoms with Gasteiger partial charge in [-0.2, -0.15) is 0 Å². The van der Waals surface area contributed by atoms with E-state index < -0.39 is 0 Å². The van der Waals surface area contributed by atoms with E-state index in [1.807, 2.05) is 53.1 Å². The Balaban J connectivity index is 1.97. The van der Waals surface area contributed by atoms with Crippen molar-refractivity contribution in [3.63, 3.8) is 0 Å². The van der Waals surface area contributed by atoms with Gasteiger partial charge in [0.15, 0.2) is 11.0 Å². The average molecular weight is 325 g/mol. The molecule has 3 rings (SSSR count). The first-order valence-corrected chi connectivity index (χ1v) is 8.02. The molecule has 2 aromatic heterocycles. The smallest absolute Gasteiger partial charge is 0.227 e. The Kier molecular flexibility index (Phi) is 4.68. The van der Waals surface area contributed by atoms with Crippen LogP contribution in [0.15, 0.2) is 59.9 Å². The topological polar surface area (TPSA) is 86.7 Å². The van der Waals surface area contributed by atoms with Crippen molar-refractivity contribution in [1.29, 1.82) is 0 Å². The van der Waals surface area contributed by atoms with E-state index in [4.69, 9.17) is 5.73 Å². The summed E-state index contributed by atoms with van der Waals surface area (Å²) in [6.45, 7) is 0.598. The predicted octanol–water partition coefficient (Wildman–Crippen LogP) is 1.97. The van der Waals surface area contributed by atoms with Gasteiger partial charge in [0.2, 0.25) is 5.91 Å². The summed E-state index contributed by atoms with van der Waals surface area (Å²) in [5.74, 6) is 0.444. The number of thioether (sulfide) groups is 1. The quantitative estimate of drug-likeness (QED) is 0.700. The molecular weight excluding hydrogens is 310 g/mol. The van der Waals surface area contributed by atoms with Crippen LogP contribution < -0.4 is 5.73 Å². The van der Waals surface area contributed by atoms with Gasteiger partial charge in [-0.1, -0.05) is 48.2 Å². The fraction of sp³-hybridized carbons (Fsp3) is 0.125. The Labute approximate surface area is 137 Å². The molecule has 7 heteroatoms. The number of pyridine rings is 1. The molecule has 0 unspecified atom stereocenters. The van der Waals surface area contributed by atoms with Crippen LogP contribution in [0.25, 0.3) is 11.5 Å². The minimum Gasteiger partial charge on any atom is -0.369 e. The molecule has 2 heterocycles. The number of aromatic nitrogens is 4. The third kappa shape index (κ3) is 3.75. The van der Waals surface area contributed by atoms with Crippen molar-refractivity contribution in [2.75, 3.05) is 5.75 Å².